The monoisotopic (exact) mass is 320 g/mol. The number of hydrogen-bond donors (Lipinski definition) is 1. The summed E-state index contributed by atoms with van der Waals surface area (Å²) >= 11 is 0. The number of benzene rings is 1. The number of ether oxygens (including phenoxy) is 1. The normalized spacial score (nSPS) is 15.3. The van der Waals surface area contributed by atoms with Gasteiger partial charge >= 0.3 is 0 Å². The van der Waals surface area contributed by atoms with Crippen LogP contribution in [0.25, 0.3) is 0 Å². The molecule has 2 aromatic rings. The second-order valence-corrected chi connectivity index (χ2v) is 6.89. The fourth-order valence-electron chi connectivity index (χ4n) is 2.47. The quantitative estimate of drug-likeness (QED) is 0.899. The van der Waals surface area contributed by atoms with Crippen LogP contribution >= 0.6 is 0 Å². The van der Waals surface area contributed by atoms with Gasteiger partial charge in [-0.25, -0.2) is 18.4 Å². The minimum absolute atomic E-state index is 0.196. The first-order valence-corrected chi connectivity index (χ1v) is 8.19. The number of fused-ring (bicyclic) bond motifs is 1. The second-order valence-electron chi connectivity index (χ2n) is 4.95. The molecule has 0 unspecified atom stereocenters. The van der Waals surface area contributed by atoms with E-state index in [0.29, 0.717) is 30.2 Å². The van der Waals surface area contributed by atoms with Crippen LogP contribution in [0.15, 0.2) is 35.5 Å². The summed E-state index contributed by atoms with van der Waals surface area (Å²) in [6.07, 6.45) is 1.86. The highest BCUT2D eigenvalue weighted by atomic mass is 32.2. The standard InChI is InChI=1S/C14H16N4O3S/c1-21-10-3-2-4-11(7-10)22(19,20)18-6-5-12-13(8-18)16-9-17-14(12)15/h2-4,7,9H,5-6,8H2,1H3,(H2,15,16,17). The first-order chi connectivity index (χ1) is 10.5. The maximum Gasteiger partial charge on any atom is 0.243 e. The molecule has 0 radical (unpaired) electrons. The predicted octanol–water partition coefficient (Wildman–Crippen LogP) is 0.814. The number of methoxy groups -OCH3 is 1. The zero-order valence-electron chi connectivity index (χ0n) is 12.1. The Hall–Kier alpha value is -2.19. The lowest BCUT2D eigenvalue weighted by atomic mass is 10.1. The minimum Gasteiger partial charge on any atom is -0.497 e. The number of nitrogens with two attached hydrogens (primary N) is 1. The summed E-state index contributed by atoms with van der Waals surface area (Å²) in [6.45, 7) is 0.547. The largest absolute Gasteiger partial charge is 0.497 e. The number of hydrogen-bond acceptors (Lipinski definition) is 6. The molecule has 2 N–H and O–H groups in total. The molecule has 0 saturated carbocycles. The van der Waals surface area contributed by atoms with Crippen molar-refractivity contribution in [3.8, 4) is 5.75 Å². The summed E-state index contributed by atoms with van der Waals surface area (Å²) in [5.41, 5.74) is 7.30. The van der Waals surface area contributed by atoms with Crippen molar-refractivity contribution < 1.29 is 13.2 Å². The van der Waals surface area contributed by atoms with Gasteiger partial charge in [0.05, 0.1) is 24.2 Å². The van der Waals surface area contributed by atoms with Crippen LogP contribution in [0.2, 0.25) is 0 Å². The molecule has 1 aliphatic rings. The van der Waals surface area contributed by atoms with E-state index >= 15 is 0 Å². The lowest BCUT2D eigenvalue weighted by Crippen LogP contribution is -2.36. The van der Waals surface area contributed by atoms with E-state index in [4.69, 9.17) is 10.5 Å². The van der Waals surface area contributed by atoms with Crippen LogP contribution in [0.1, 0.15) is 11.3 Å². The highest BCUT2D eigenvalue weighted by Gasteiger charge is 2.30. The van der Waals surface area contributed by atoms with E-state index in [9.17, 15) is 8.42 Å². The maximum atomic E-state index is 12.7. The number of nitrogen functional groups attached to an aromatic ring is 1. The van der Waals surface area contributed by atoms with Crippen molar-refractivity contribution in [2.24, 2.45) is 0 Å². The lowest BCUT2D eigenvalue weighted by Gasteiger charge is -2.27. The van der Waals surface area contributed by atoms with Gasteiger partial charge in [0.2, 0.25) is 10.0 Å². The van der Waals surface area contributed by atoms with Crippen molar-refractivity contribution >= 4 is 15.8 Å². The summed E-state index contributed by atoms with van der Waals surface area (Å²) in [5.74, 6) is 0.925. The number of anilines is 1. The molecule has 0 amide bonds. The van der Waals surface area contributed by atoms with Gasteiger partial charge in [0.15, 0.2) is 0 Å². The van der Waals surface area contributed by atoms with E-state index in [2.05, 4.69) is 9.97 Å². The Labute approximate surface area is 128 Å². The molecule has 22 heavy (non-hydrogen) atoms. The third-order valence-corrected chi connectivity index (χ3v) is 5.53. The molecular weight excluding hydrogens is 304 g/mol. The summed E-state index contributed by atoms with van der Waals surface area (Å²) < 4.78 is 32.0. The van der Waals surface area contributed by atoms with Crippen LogP contribution in [0, 0.1) is 0 Å². The Bertz CT molecular complexity index is 807. The van der Waals surface area contributed by atoms with Crippen molar-refractivity contribution in [2.45, 2.75) is 17.9 Å². The highest BCUT2D eigenvalue weighted by Crippen LogP contribution is 2.27. The van der Waals surface area contributed by atoms with Crippen LogP contribution in [0.4, 0.5) is 5.82 Å². The van der Waals surface area contributed by atoms with Crippen molar-refractivity contribution in [2.75, 3.05) is 19.4 Å². The van der Waals surface area contributed by atoms with Crippen LogP contribution in [-0.4, -0.2) is 36.3 Å². The first kappa shape index (κ1) is 14.7. The minimum atomic E-state index is -3.60. The molecule has 116 valence electrons. The molecule has 1 aliphatic heterocycles. The van der Waals surface area contributed by atoms with Crippen molar-refractivity contribution in [3.05, 3.63) is 41.9 Å². The Morgan fingerprint density at radius 3 is 2.91 bits per heavy atom. The van der Waals surface area contributed by atoms with Gasteiger partial charge in [-0.2, -0.15) is 4.31 Å². The molecule has 8 heteroatoms. The summed E-state index contributed by atoms with van der Waals surface area (Å²) in [7, 11) is -2.10. The summed E-state index contributed by atoms with van der Waals surface area (Å²) in [6, 6.07) is 6.43. The van der Waals surface area contributed by atoms with Crippen LogP contribution < -0.4 is 10.5 Å². The van der Waals surface area contributed by atoms with Gasteiger partial charge in [-0.1, -0.05) is 6.07 Å². The van der Waals surface area contributed by atoms with Gasteiger partial charge < -0.3 is 10.5 Å². The van der Waals surface area contributed by atoms with E-state index in [0.717, 1.165) is 5.56 Å². The summed E-state index contributed by atoms with van der Waals surface area (Å²) in [5, 5.41) is 0. The topological polar surface area (TPSA) is 98.4 Å². The first-order valence-electron chi connectivity index (χ1n) is 6.75. The number of aromatic nitrogens is 2. The molecule has 2 heterocycles. The van der Waals surface area contributed by atoms with Crippen molar-refractivity contribution in [3.63, 3.8) is 0 Å². The van der Waals surface area contributed by atoms with Gasteiger partial charge in [0.1, 0.15) is 17.9 Å². The molecular formula is C14H16N4O3S. The zero-order chi connectivity index (χ0) is 15.7. The van der Waals surface area contributed by atoms with Gasteiger partial charge in [-0.15, -0.1) is 0 Å². The molecule has 3 rings (SSSR count). The van der Waals surface area contributed by atoms with E-state index in [-0.39, 0.29) is 11.4 Å². The molecule has 0 saturated heterocycles. The second kappa shape index (κ2) is 5.54. The van der Waals surface area contributed by atoms with Crippen LogP contribution in [-0.2, 0) is 23.0 Å². The summed E-state index contributed by atoms with van der Waals surface area (Å²) in [4.78, 5) is 8.30. The van der Waals surface area contributed by atoms with Gasteiger partial charge in [0.25, 0.3) is 0 Å². The number of rotatable bonds is 3. The molecule has 1 aromatic carbocycles. The third kappa shape index (κ3) is 2.51. The lowest BCUT2D eigenvalue weighted by molar-refractivity contribution is 0.384. The maximum absolute atomic E-state index is 12.7. The van der Waals surface area contributed by atoms with Crippen LogP contribution in [0.3, 0.4) is 0 Å². The van der Waals surface area contributed by atoms with E-state index in [1.807, 2.05) is 0 Å². The van der Waals surface area contributed by atoms with E-state index in [1.54, 1.807) is 18.2 Å². The third-order valence-electron chi connectivity index (χ3n) is 3.68. The Morgan fingerprint density at radius 2 is 2.14 bits per heavy atom. The molecule has 7 nitrogen and oxygen atoms in total. The van der Waals surface area contributed by atoms with Gasteiger partial charge in [-0.3, -0.25) is 0 Å². The molecule has 0 spiro atoms. The molecule has 0 bridgehead atoms. The Balaban J connectivity index is 1.94. The smallest absolute Gasteiger partial charge is 0.243 e. The Kier molecular flexibility index (Phi) is 3.71. The van der Waals surface area contributed by atoms with Crippen molar-refractivity contribution in [1.82, 2.24) is 14.3 Å². The Morgan fingerprint density at radius 1 is 1.32 bits per heavy atom. The number of sulfonamides is 1. The van der Waals surface area contributed by atoms with Crippen molar-refractivity contribution in [1.29, 1.82) is 0 Å². The molecule has 0 atom stereocenters. The van der Waals surface area contributed by atoms with E-state index in [1.165, 1.54) is 23.8 Å². The molecule has 0 fully saturated rings. The average molecular weight is 320 g/mol. The van der Waals surface area contributed by atoms with E-state index < -0.39 is 10.0 Å². The fourth-order valence-corrected chi connectivity index (χ4v) is 3.91. The van der Waals surface area contributed by atoms with Crippen LogP contribution in [0.5, 0.6) is 5.75 Å². The molecule has 1 aromatic heterocycles. The van der Waals surface area contributed by atoms with Gasteiger partial charge in [0, 0.05) is 18.2 Å². The molecule has 0 aliphatic carbocycles. The number of nitrogens with zero attached hydrogens (tertiary/aromatic N) is 3. The zero-order valence-corrected chi connectivity index (χ0v) is 12.9. The average Bonchev–Trinajstić information content (AvgIpc) is 2.55. The fraction of sp³-hybridized carbons (Fsp3) is 0.286. The highest BCUT2D eigenvalue weighted by molar-refractivity contribution is 7.89. The van der Waals surface area contributed by atoms with Gasteiger partial charge in [-0.05, 0) is 18.6 Å². The SMILES string of the molecule is COc1cccc(S(=O)(=O)N2CCc3c(N)ncnc3C2)c1. The predicted molar refractivity (Wildman–Crippen MR) is 80.7 cm³/mol.